The van der Waals surface area contributed by atoms with Crippen LogP contribution in [0.15, 0.2) is 194 Å². The number of morpholine rings is 3. The van der Waals surface area contributed by atoms with Crippen molar-refractivity contribution in [1.82, 2.24) is 62.3 Å². The summed E-state index contributed by atoms with van der Waals surface area (Å²) in [5.74, 6) is -0.0744. The number of imide groups is 1. The molecule has 9 unspecified atom stereocenters. The Hall–Kier alpha value is -6.81. The van der Waals surface area contributed by atoms with Crippen molar-refractivity contribution in [2.45, 2.75) is 173 Å². The highest BCUT2D eigenvalue weighted by Crippen LogP contribution is 2.56. The van der Waals surface area contributed by atoms with Gasteiger partial charge in [0.05, 0.1) is 62.0 Å². The summed E-state index contributed by atoms with van der Waals surface area (Å²) in [6.45, 7) is 40.0. The minimum atomic E-state index is -3.03. The lowest BCUT2D eigenvalue weighted by molar-refractivity contribution is -0.140. The second kappa shape index (κ2) is 45.4. The van der Waals surface area contributed by atoms with E-state index in [2.05, 4.69) is 198 Å². The fourth-order valence-electron chi connectivity index (χ4n) is 20.1. The maximum atomic E-state index is 15.0. The van der Waals surface area contributed by atoms with Crippen molar-refractivity contribution >= 4 is 46.0 Å². The molecule has 0 aromatic heterocycles. The van der Waals surface area contributed by atoms with Crippen LogP contribution in [-0.2, 0) is 72.2 Å². The Balaban J connectivity index is 0.000000178. The van der Waals surface area contributed by atoms with E-state index in [4.69, 9.17) is 28.4 Å². The van der Waals surface area contributed by atoms with Crippen molar-refractivity contribution in [2.75, 3.05) is 206 Å². The number of hydrogen-bond donors (Lipinski definition) is 0. The molecule has 6 aromatic carbocycles. The maximum absolute atomic E-state index is 15.0. The minimum Gasteiger partial charge on any atom is -0.370 e. The van der Waals surface area contributed by atoms with Crippen LogP contribution in [0.25, 0.3) is 0 Å². The van der Waals surface area contributed by atoms with Gasteiger partial charge in [-0.15, -0.1) is 0 Å². The molecular formula is C102H152N13O13P3. The van der Waals surface area contributed by atoms with E-state index < -0.39 is 33.3 Å². The van der Waals surface area contributed by atoms with Crippen LogP contribution in [0.3, 0.4) is 0 Å². The van der Waals surface area contributed by atoms with Crippen LogP contribution in [0.2, 0.25) is 0 Å². The molecule has 0 radical (unpaired) electrons. The smallest absolute Gasteiger partial charge is 0.253 e. The van der Waals surface area contributed by atoms with E-state index in [1.54, 1.807) is 9.34 Å². The second-order valence-electron chi connectivity index (χ2n) is 40.4. The summed E-state index contributed by atoms with van der Waals surface area (Å²) in [5.41, 5.74) is 5.17. The molecule has 8 aliphatic rings. The molecular weight excluding hydrogens is 1710 g/mol. The molecule has 7 heterocycles. The first-order chi connectivity index (χ1) is 62.3. The number of carbonyl (C=O) groups excluding carboxylic acids is 4. The number of nitrogens with zero attached hydrogens (tertiary/aromatic N) is 13. The van der Waals surface area contributed by atoms with Crippen LogP contribution in [0.5, 0.6) is 0 Å². The van der Waals surface area contributed by atoms with Gasteiger partial charge in [-0.2, -0.15) is 0 Å². The highest BCUT2D eigenvalue weighted by Gasteiger charge is 2.51. The average Bonchev–Trinajstić information content (AvgIpc) is 0.806. The summed E-state index contributed by atoms with van der Waals surface area (Å²) in [5, 5.41) is 0. The zero-order valence-electron chi connectivity index (χ0n) is 81.6. The molecule has 1 aliphatic carbocycles. The van der Waals surface area contributed by atoms with Gasteiger partial charge in [-0.1, -0.05) is 182 Å². The zero-order valence-corrected chi connectivity index (χ0v) is 84.2. The first kappa shape index (κ1) is 103. The third kappa shape index (κ3) is 25.0. The second-order valence-corrected chi connectivity index (χ2v) is 49.3. The molecule has 9 atom stereocenters. The zero-order chi connectivity index (χ0) is 94.3. The lowest BCUT2D eigenvalue weighted by atomic mass is 9.68. The summed E-state index contributed by atoms with van der Waals surface area (Å²) in [6, 6.07) is 62.6. The van der Waals surface area contributed by atoms with Crippen LogP contribution in [-0.4, -0.2) is 345 Å². The predicted octanol–water partition coefficient (Wildman–Crippen LogP) is 14.5. The molecule has 6 aromatic rings. The number of carbonyl (C=O) groups is 4. The number of amides is 4. The number of rotatable bonds is 29. The third-order valence-corrected chi connectivity index (χ3v) is 36.8. The minimum absolute atomic E-state index is 0.0265. The quantitative estimate of drug-likeness (QED) is 0.0242. The van der Waals surface area contributed by atoms with Gasteiger partial charge in [-0.05, 0) is 190 Å². The van der Waals surface area contributed by atoms with Gasteiger partial charge in [-0.25, -0.2) is 28.0 Å². The van der Waals surface area contributed by atoms with Crippen molar-refractivity contribution in [3.63, 3.8) is 0 Å². The highest BCUT2D eigenvalue weighted by atomic mass is 31.2. The Morgan fingerprint density at radius 2 is 0.641 bits per heavy atom. The van der Waals surface area contributed by atoms with Gasteiger partial charge < -0.3 is 38.2 Å². The molecule has 718 valence electrons. The van der Waals surface area contributed by atoms with Gasteiger partial charge in [-0.3, -0.25) is 57.4 Å². The summed E-state index contributed by atoms with van der Waals surface area (Å²) >= 11 is 0. The predicted molar refractivity (Wildman–Crippen MR) is 522 cm³/mol. The normalized spacial score (nSPS) is 24.7. The maximum Gasteiger partial charge on any atom is 0.253 e. The Morgan fingerprint density at radius 1 is 0.366 bits per heavy atom. The van der Waals surface area contributed by atoms with E-state index in [0.717, 1.165) is 94.7 Å². The molecule has 7 aliphatic heterocycles. The lowest BCUT2D eigenvalue weighted by Crippen LogP contribution is -2.56. The Kier molecular flexibility index (Phi) is 35.8. The molecule has 7 fully saturated rings. The molecule has 0 spiro atoms. The average molecular weight is 1860 g/mol. The third-order valence-electron chi connectivity index (χ3n) is 27.6. The van der Waals surface area contributed by atoms with E-state index >= 15 is 0 Å². The van der Waals surface area contributed by atoms with Crippen LogP contribution in [0.4, 0.5) is 0 Å². The number of ether oxygens (including phenoxy) is 6. The molecule has 4 amide bonds. The van der Waals surface area contributed by atoms with Gasteiger partial charge in [0, 0.05) is 159 Å². The van der Waals surface area contributed by atoms with Crippen molar-refractivity contribution in [2.24, 2.45) is 11.8 Å². The van der Waals surface area contributed by atoms with Crippen molar-refractivity contribution < 1.29 is 61.3 Å². The summed E-state index contributed by atoms with van der Waals surface area (Å²) in [4.78, 5) is 67.1. The van der Waals surface area contributed by atoms with E-state index in [-0.39, 0.29) is 108 Å². The van der Waals surface area contributed by atoms with E-state index in [9.17, 15) is 32.9 Å². The van der Waals surface area contributed by atoms with E-state index in [1.807, 2.05) is 157 Å². The van der Waals surface area contributed by atoms with Crippen molar-refractivity contribution in [3.05, 3.63) is 228 Å². The van der Waals surface area contributed by atoms with E-state index in [1.165, 1.54) is 33.7 Å². The van der Waals surface area contributed by atoms with Gasteiger partial charge in [0.2, 0.25) is 34.1 Å². The van der Waals surface area contributed by atoms with Crippen LogP contribution < -0.4 is 0 Å². The fraction of sp³-hybridized carbons (Fsp3) is 0.588. The number of benzene rings is 6. The topological polar surface area (TPSA) is 217 Å². The molecule has 0 N–H and O–H groups in total. The molecule has 0 bridgehead atoms. The Bertz CT molecular complexity index is 4580. The number of hydrogen-bond acceptors (Lipinski definition) is 17. The molecule has 14 rings (SSSR count). The van der Waals surface area contributed by atoms with Gasteiger partial charge >= 0.3 is 0 Å². The molecule has 29 heteroatoms. The fourth-order valence-corrected chi connectivity index (χ4v) is 26.2. The van der Waals surface area contributed by atoms with E-state index in [0.29, 0.717) is 91.8 Å². The highest BCUT2D eigenvalue weighted by molar-refractivity contribution is 7.59. The van der Waals surface area contributed by atoms with Crippen LogP contribution in [0.1, 0.15) is 142 Å². The molecule has 131 heavy (non-hydrogen) atoms. The van der Waals surface area contributed by atoms with Gasteiger partial charge in [0.15, 0.2) is 0 Å². The van der Waals surface area contributed by atoms with Crippen LogP contribution in [0, 0.1) is 11.8 Å². The van der Waals surface area contributed by atoms with Gasteiger partial charge in [0.25, 0.3) is 11.8 Å². The van der Waals surface area contributed by atoms with Crippen LogP contribution >= 0.6 is 22.3 Å². The summed E-state index contributed by atoms with van der Waals surface area (Å²) in [6.07, 6.45) is 6.47. The molecule has 1 saturated carbocycles. The molecule has 26 nitrogen and oxygen atoms in total. The lowest BCUT2D eigenvalue weighted by Gasteiger charge is -2.50. The largest absolute Gasteiger partial charge is 0.370 e. The standard InChI is InChI=1S/C37H51N4O4P.C36H51N4O3P.C29H50N5O6P/c1-30-26-40(36(2,3)4)27-34(45-30)28-44-29-46(43,38(5)6)41-24-22-39(23-25-41)35(42)37(31-16-10-7-11-17-31,32-18-12-8-13-19-32)33-20-14-9-15-21-33;1-30-26-39(35(2,3)4)27-34(43-30)28-42-29-44(41,37(5)6)40-24-22-38(23-25-40)36(31-16-10-7-11-17-31,32-18-12-8-13-19-32)33-20-14-9-15-21-33;1-22-17-32(29(2,3)4)19-25(40-22)20-39-21-41(38,30(5)6)33-15-13-31(14-16-33)28(37)24-9-7-23(8-10-24)18-34-26(35)11-12-27(34)36/h7-21,30,34H,22-29H2,1-6H3;7-21,30,34H,22-29H2,1-6H3;11-12,22-25H,7-10,13-21H2,1-6H3. The Labute approximate surface area is 782 Å². The first-order valence-electron chi connectivity index (χ1n) is 47.5. The van der Waals surface area contributed by atoms with Crippen molar-refractivity contribution in [1.29, 1.82) is 0 Å². The summed E-state index contributed by atoms with van der Waals surface area (Å²) in [7, 11) is 2.29. The first-order valence-corrected chi connectivity index (χ1v) is 52.9. The molecule has 6 saturated heterocycles. The Morgan fingerprint density at radius 3 is 0.924 bits per heavy atom. The van der Waals surface area contributed by atoms with Crippen molar-refractivity contribution in [3.8, 4) is 0 Å². The monoisotopic (exact) mass is 1860 g/mol. The van der Waals surface area contributed by atoms with Gasteiger partial charge in [0.1, 0.15) is 24.5 Å². The SMILES string of the molecule is CC1CN(C(C)(C)C)CC(COCP(=O)(N(C)C)N2CCN(C(=O)C(c3ccccc3)(c3ccccc3)c3ccccc3)CC2)O1.CC1CN(C(C)(C)C)CC(COCP(=O)(N(C)C)N2CCN(C(=O)C3CCC(CN4C(=O)C=CC4=O)CC3)CC2)O1.CC1CN(C(C)(C)C)CC(COCP(=O)(N(C)C)N2CCN(C(c3ccccc3)(c3ccccc3)c3ccccc3)CC2)O1. The summed E-state index contributed by atoms with van der Waals surface area (Å²) < 4.78 is 91.9. The number of piperazine rings is 3.